The minimum Gasteiger partial charge on any atom is -0.454 e. The largest absolute Gasteiger partial charge is 0.454 e. The molecule has 2 nitrogen and oxygen atoms in total. The molecular formula is C48H29NOS. The van der Waals surface area contributed by atoms with Crippen LogP contribution in [0.1, 0.15) is 0 Å². The lowest BCUT2D eigenvalue weighted by Crippen LogP contribution is -2.10. The van der Waals surface area contributed by atoms with Gasteiger partial charge >= 0.3 is 0 Å². The zero-order valence-corrected chi connectivity index (χ0v) is 28.3. The molecule has 3 heteroatoms. The highest BCUT2D eigenvalue weighted by Gasteiger charge is 2.22. The quantitative estimate of drug-likeness (QED) is 0.174. The summed E-state index contributed by atoms with van der Waals surface area (Å²) < 4.78 is 9.44. The Bertz CT molecular complexity index is 3150. The summed E-state index contributed by atoms with van der Waals surface area (Å²) in [4.78, 5) is 2.38. The van der Waals surface area contributed by atoms with Crippen molar-refractivity contribution in [1.29, 1.82) is 0 Å². The van der Waals surface area contributed by atoms with Crippen LogP contribution in [0.4, 0.5) is 17.1 Å². The predicted octanol–water partition coefficient (Wildman–Crippen LogP) is 14.6. The summed E-state index contributed by atoms with van der Waals surface area (Å²) in [6.07, 6.45) is 0. The van der Waals surface area contributed by atoms with Gasteiger partial charge in [-0.25, -0.2) is 0 Å². The number of thiophene rings is 1. The molecule has 11 rings (SSSR count). The van der Waals surface area contributed by atoms with E-state index in [1.165, 1.54) is 63.6 Å². The average Bonchev–Trinajstić information content (AvgIpc) is 3.78. The third-order valence-electron chi connectivity index (χ3n) is 10.4. The maximum Gasteiger partial charge on any atom is 0.160 e. The van der Waals surface area contributed by atoms with E-state index in [2.05, 4.69) is 181 Å². The van der Waals surface area contributed by atoms with Gasteiger partial charge in [-0.3, -0.25) is 0 Å². The van der Waals surface area contributed by atoms with Gasteiger partial charge in [-0.2, -0.15) is 0 Å². The van der Waals surface area contributed by atoms with Crippen LogP contribution in [-0.4, -0.2) is 0 Å². The molecule has 0 atom stereocenters. The number of anilines is 3. The summed E-state index contributed by atoms with van der Waals surface area (Å²) in [7, 11) is 0. The van der Waals surface area contributed by atoms with Crippen molar-refractivity contribution in [2.24, 2.45) is 0 Å². The summed E-state index contributed by atoms with van der Waals surface area (Å²) in [5.74, 6) is 0. The first-order valence-electron chi connectivity index (χ1n) is 17.3. The van der Waals surface area contributed by atoms with Crippen LogP contribution in [-0.2, 0) is 0 Å². The molecule has 0 saturated heterocycles. The van der Waals surface area contributed by atoms with Crippen molar-refractivity contribution in [2.75, 3.05) is 4.90 Å². The minimum absolute atomic E-state index is 0.882. The Labute approximate surface area is 298 Å². The molecule has 11 aromatic rings. The monoisotopic (exact) mass is 667 g/mol. The second-order valence-corrected chi connectivity index (χ2v) is 14.3. The second-order valence-electron chi connectivity index (χ2n) is 13.3. The number of fused-ring (bicyclic) bond motifs is 11. The summed E-state index contributed by atoms with van der Waals surface area (Å²) in [5.41, 5.74) is 7.39. The maximum absolute atomic E-state index is 6.80. The molecule has 0 amide bonds. The molecule has 0 aliphatic carbocycles. The van der Waals surface area contributed by atoms with Crippen LogP contribution in [0.3, 0.4) is 0 Å². The Kier molecular flexibility index (Phi) is 6.16. The fraction of sp³-hybridized carbons (Fsp3) is 0. The van der Waals surface area contributed by atoms with E-state index >= 15 is 0 Å². The third-order valence-corrected chi connectivity index (χ3v) is 11.6. The lowest BCUT2D eigenvalue weighted by molar-refractivity contribution is 0.669. The second kappa shape index (κ2) is 11.0. The lowest BCUT2D eigenvalue weighted by Gasteiger charge is -2.27. The van der Waals surface area contributed by atoms with Crippen LogP contribution in [0, 0.1) is 0 Å². The van der Waals surface area contributed by atoms with Gasteiger partial charge in [0.05, 0.1) is 5.69 Å². The van der Waals surface area contributed by atoms with E-state index < -0.39 is 0 Å². The van der Waals surface area contributed by atoms with Crippen LogP contribution in [0.25, 0.3) is 85.6 Å². The van der Waals surface area contributed by atoms with Crippen molar-refractivity contribution >= 4 is 103 Å². The molecule has 0 bridgehead atoms. The zero-order chi connectivity index (χ0) is 33.5. The fourth-order valence-corrected chi connectivity index (χ4v) is 9.28. The first-order valence-corrected chi connectivity index (χ1v) is 18.2. The fourth-order valence-electron chi connectivity index (χ4n) is 8.04. The molecule has 2 aromatic heterocycles. The molecule has 0 spiro atoms. The van der Waals surface area contributed by atoms with Gasteiger partial charge in [-0.1, -0.05) is 133 Å². The van der Waals surface area contributed by atoms with Crippen molar-refractivity contribution in [3.8, 4) is 11.1 Å². The molecule has 0 aliphatic heterocycles. The zero-order valence-electron chi connectivity index (χ0n) is 27.5. The van der Waals surface area contributed by atoms with E-state index in [4.69, 9.17) is 4.42 Å². The first-order chi connectivity index (χ1) is 25.3. The summed E-state index contributed by atoms with van der Waals surface area (Å²) in [6, 6.07) is 63.7. The van der Waals surface area contributed by atoms with Gasteiger partial charge in [-0.05, 0) is 85.9 Å². The van der Waals surface area contributed by atoms with Crippen LogP contribution in [0.2, 0.25) is 0 Å². The van der Waals surface area contributed by atoms with E-state index in [-0.39, 0.29) is 0 Å². The molecule has 9 aromatic carbocycles. The molecule has 0 fully saturated rings. The molecule has 51 heavy (non-hydrogen) atoms. The molecule has 0 radical (unpaired) electrons. The Morgan fingerprint density at radius 1 is 0.431 bits per heavy atom. The molecule has 0 saturated carbocycles. The first kappa shape index (κ1) is 28.4. The number of hydrogen-bond acceptors (Lipinski definition) is 3. The van der Waals surface area contributed by atoms with Gasteiger partial charge in [0.2, 0.25) is 0 Å². The Morgan fingerprint density at radius 3 is 1.94 bits per heavy atom. The van der Waals surface area contributed by atoms with E-state index in [0.29, 0.717) is 0 Å². The van der Waals surface area contributed by atoms with Gasteiger partial charge < -0.3 is 9.32 Å². The van der Waals surface area contributed by atoms with Crippen LogP contribution in [0.5, 0.6) is 0 Å². The van der Waals surface area contributed by atoms with Crippen molar-refractivity contribution in [1.82, 2.24) is 0 Å². The average molecular weight is 668 g/mol. The number of benzene rings is 9. The van der Waals surface area contributed by atoms with E-state index in [1.54, 1.807) is 0 Å². The van der Waals surface area contributed by atoms with Gasteiger partial charge in [0.15, 0.2) is 5.58 Å². The summed E-state index contributed by atoms with van der Waals surface area (Å²) in [6.45, 7) is 0. The number of nitrogens with zero attached hydrogens (tertiary/aromatic N) is 1. The van der Waals surface area contributed by atoms with Crippen LogP contribution in [0.15, 0.2) is 180 Å². The SMILES string of the molecule is c1ccc2c(c1)ccc1ccc(N(c3ccc(-c4cccc5c4sc4ccccc45)cc3)c3cc4ccccc4c4c3oc3ccccc34)cc12. The Hall–Kier alpha value is -6.42. The Balaban J connectivity index is 1.17. The van der Waals surface area contributed by atoms with Crippen molar-refractivity contribution < 1.29 is 4.42 Å². The van der Waals surface area contributed by atoms with Crippen molar-refractivity contribution in [3.05, 3.63) is 176 Å². The highest BCUT2D eigenvalue weighted by Crippen LogP contribution is 2.47. The van der Waals surface area contributed by atoms with E-state index in [0.717, 1.165) is 39.0 Å². The normalized spacial score (nSPS) is 11.9. The van der Waals surface area contributed by atoms with E-state index in [1.807, 2.05) is 11.3 Å². The Morgan fingerprint density at radius 2 is 1.08 bits per heavy atom. The predicted molar refractivity (Wildman–Crippen MR) is 219 cm³/mol. The minimum atomic E-state index is 0.882. The topological polar surface area (TPSA) is 16.4 Å². The van der Waals surface area contributed by atoms with Gasteiger partial charge in [0.25, 0.3) is 0 Å². The van der Waals surface area contributed by atoms with Crippen LogP contribution >= 0.6 is 11.3 Å². The van der Waals surface area contributed by atoms with Gasteiger partial charge in [0.1, 0.15) is 5.58 Å². The molecule has 238 valence electrons. The number of rotatable bonds is 4. The summed E-state index contributed by atoms with van der Waals surface area (Å²) >= 11 is 1.87. The van der Waals surface area contributed by atoms with Crippen molar-refractivity contribution in [2.45, 2.75) is 0 Å². The van der Waals surface area contributed by atoms with Crippen LogP contribution < -0.4 is 4.90 Å². The van der Waals surface area contributed by atoms with Gasteiger partial charge in [0, 0.05) is 42.3 Å². The lowest BCUT2D eigenvalue weighted by atomic mass is 9.99. The maximum atomic E-state index is 6.80. The third kappa shape index (κ3) is 4.35. The summed E-state index contributed by atoms with van der Waals surface area (Å²) in [5, 5.41) is 12.2. The smallest absolute Gasteiger partial charge is 0.160 e. The van der Waals surface area contributed by atoms with Gasteiger partial charge in [-0.15, -0.1) is 11.3 Å². The highest BCUT2D eigenvalue weighted by molar-refractivity contribution is 7.26. The standard InChI is InChI=1S/C48H29NOS/c1-3-12-36-30(10-1)20-21-32-24-27-35(29-42(32)36)49(43-28-33-11-2-4-13-37(33)46-41-15-5-7-18-44(41)50-47(43)46)34-25-22-31(23-26-34)38-16-9-17-40-39-14-6-8-19-45(39)51-48(38)40/h1-29H. The number of hydrogen-bond donors (Lipinski definition) is 0. The van der Waals surface area contributed by atoms with Crippen molar-refractivity contribution in [3.63, 3.8) is 0 Å². The highest BCUT2D eigenvalue weighted by atomic mass is 32.1. The molecule has 0 N–H and O–H groups in total. The molecule has 0 unspecified atom stereocenters. The molecule has 0 aliphatic rings. The number of furan rings is 1. The molecular weight excluding hydrogens is 639 g/mol. The number of para-hydroxylation sites is 1. The van der Waals surface area contributed by atoms with E-state index in [9.17, 15) is 0 Å². The molecule has 2 heterocycles.